The number of fused-ring (bicyclic) bond motifs is 3. The molecule has 2 N–H and O–H groups in total. The highest BCUT2D eigenvalue weighted by Crippen LogP contribution is 2.44. The minimum atomic E-state index is -1.53. The molecule has 1 saturated heterocycles. The van der Waals surface area contributed by atoms with Gasteiger partial charge in [0.05, 0.1) is 0 Å². The third kappa shape index (κ3) is 11.2. The molecule has 6 atom stereocenters. The highest BCUT2D eigenvalue weighted by atomic mass is 16.7. The number of hydrogen-bond donors (Lipinski definition) is 2. The maximum absolute atomic E-state index is 13.4. The fourth-order valence-corrected chi connectivity index (χ4v) is 6.26. The first kappa shape index (κ1) is 41.2. The quantitative estimate of drug-likeness (QED) is 0.222. The van der Waals surface area contributed by atoms with Crippen LogP contribution in [0.25, 0.3) is 11.1 Å². The lowest BCUT2D eigenvalue weighted by Crippen LogP contribution is -2.66. The SMILES string of the molecule is CC(=O)OC[C@H]1O[C@@H](NC(=O)CC[C@H](NC(=O)OCC2c3ccccc3-c3ccccc32)C(=O)OC(C)(C)C)[C@H](OC(C)=O)[C@@H](OC(C)=O)[C@@H]1OC(C)=O. The summed E-state index contributed by atoms with van der Waals surface area (Å²) >= 11 is 0. The topological polar surface area (TPSA) is 208 Å². The van der Waals surface area contributed by atoms with Gasteiger partial charge in [-0.1, -0.05) is 48.5 Å². The number of alkyl carbamates (subject to hydrolysis) is 1. The fourth-order valence-electron chi connectivity index (χ4n) is 6.26. The zero-order valence-electron chi connectivity index (χ0n) is 31.2. The highest BCUT2D eigenvalue weighted by Gasteiger charge is 2.52. The molecule has 1 heterocycles. The molecule has 1 fully saturated rings. The van der Waals surface area contributed by atoms with Crippen molar-refractivity contribution in [3.8, 4) is 11.1 Å². The maximum atomic E-state index is 13.4. The predicted octanol–water partition coefficient (Wildman–Crippen LogP) is 3.21. The monoisotopic (exact) mass is 754 g/mol. The van der Waals surface area contributed by atoms with Gasteiger partial charge in [-0.3, -0.25) is 24.0 Å². The van der Waals surface area contributed by atoms with Crippen LogP contribution in [0, 0.1) is 0 Å². The van der Waals surface area contributed by atoms with Crippen LogP contribution in [-0.2, 0) is 61.9 Å². The molecular weight excluding hydrogens is 708 g/mol. The summed E-state index contributed by atoms with van der Waals surface area (Å²) in [4.78, 5) is 87.8. The second-order valence-corrected chi connectivity index (χ2v) is 13.8. The molecule has 1 aliphatic carbocycles. The van der Waals surface area contributed by atoms with Crippen molar-refractivity contribution in [1.82, 2.24) is 10.6 Å². The molecule has 0 unspecified atom stereocenters. The molecule has 2 aromatic carbocycles. The first-order valence-electron chi connectivity index (χ1n) is 17.4. The van der Waals surface area contributed by atoms with Gasteiger partial charge in [-0.25, -0.2) is 9.59 Å². The van der Waals surface area contributed by atoms with Gasteiger partial charge >= 0.3 is 35.9 Å². The lowest BCUT2D eigenvalue weighted by molar-refractivity contribution is -0.257. The number of esters is 5. The summed E-state index contributed by atoms with van der Waals surface area (Å²) in [6.45, 7) is 8.77. The van der Waals surface area contributed by atoms with Crippen LogP contribution in [0.3, 0.4) is 0 Å². The third-order valence-electron chi connectivity index (χ3n) is 8.28. The maximum Gasteiger partial charge on any atom is 0.407 e. The van der Waals surface area contributed by atoms with Crippen LogP contribution in [0.1, 0.15) is 78.4 Å². The molecule has 16 heteroatoms. The van der Waals surface area contributed by atoms with E-state index >= 15 is 0 Å². The molecule has 54 heavy (non-hydrogen) atoms. The van der Waals surface area contributed by atoms with Gasteiger partial charge in [-0.2, -0.15) is 0 Å². The standard InChI is InChI=1S/C38H46N2O14/c1-20(41)48-19-30-32(50-21(2)42)33(51-22(3)43)34(52-23(4)44)35(53-30)40-31(45)17-16-29(36(46)54-38(5,6)7)39-37(47)49-18-28-26-14-10-8-12-24(26)25-13-9-11-15-27(25)28/h8-15,28-30,32-35H,16-19H2,1-7H3,(H,39,47)(H,40,45)/t29-,30+,32+,33-,34+,35+/m0/s1. The summed E-state index contributed by atoms with van der Waals surface area (Å²) in [5.74, 6) is -5.02. The predicted molar refractivity (Wildman–Crippen MR) is 187 cm³/mol. The number of hydrogen-bond acceptors (Lipinski definition) is 14. The van der Waals surface area contributed by atoms with E-state index in [1.807, 2.05) is 48.5 Å². The smallest absolute Gasteiger partial charge is 0.407 e. The second-order valence-electron chi connectivity index (χ2n) is 13.8. The van der Waals surface area contributed by atoms with Crippen LogP contribution in [0.2, 0.25) is 0 Å². The first-order valence-corrected chi connectivity index (χ1v) is 17.4. The van der Waals surface area contributed by atoms with Crippen LogP contribution in [0.4, 0.5) is 4.79 Å². The highest BCUT2D eigenvalue weighted by molar-refractivity contribution is 5.84. The van der Waals surface area contributed by atoms with Crippen LogP contribution in [0.15, 0.2) is 48.5 Å². The molecular formula is C38H46N2O14. The van der Waals surface area contributed by atoms with Gasteiger partial charge < -0.3 is 43.8 Å². The molecule has 0 bridgehead atoms. The van der Waals surface area contributed by atoms with E-state index in [-0.39, 0.29) is 18.9 Å². The third-order valence-corrected chi connectivity index (χ3v) is 8.28. The minimum Gasteiger partial charge on any atom is -0.463 e. The van der Waals surface area contributed by atoms with E-state index in [9.17, 15) is 33.6 Å². The summed E-state index contributed by atoms with van der Waals surface area (Å²) in [6.07, 6.45) is -8.84. The summed E-state index contributed by atoms with van der Waals surface area (Å²) < 4.78 is 38.3. The minimum absolute atomic E-state index is 0.0235. The Morgan fingerprint density at radius 1 is 0.704 bits per heavy atom. The van der Waals surface area contributed by atoms with Crippen molar-refractivity contribution in [2.45, 2.75) is 110 Å². The summed E-state index contributed by atoms with van der Waals surface area (Å²) in [5, 5.41) is 5.06. The number of nitrogens with one attached hydrogen (secondary N) is 2. The molecule has 2 aromatic rings. The molecule has 0 saturated carbocycles. The van der Waals surface area contributed by atoms with Crippen molar-refractivity contribution >= 4 is 41.8 Å². The Morgan fingerprint density at radius 2 is 1.24 bits per heavy atom. The van der Waals surface area contributed by atoms with Gasteiger partial charge in [-0.05, 0) is 49.4 Å². The van der Waals surface area contributed by atoms with Gasteiger partial charge in [0.1, 0.15) is 31.0 Å². The van der Waals surface area contributed by atoms with Crippen molar-refractivity contribution in [3.05, 3.63) is 59.7 Å². The average molecular weight is 755 g/mol. The molecule has 292 valence electrons. The lowest BCUT2D eigenvalue weighted by Gasteiger charge is -2.44. The van der Waals surface area contributed by atoms with Crippen LogP contribution < -0.4 is 10.6 Å². The zero-order chi connectivity index (χ0) is 39.7. The molecule has 2 amide bonds. The van der Waals surface area contributed by atoms with Crippen molar-refractivity contribution in [1.29, 1.82) is 0 Å². The summed E-state index contributed by atoms with van der Waals surface area (Å²) in [7, 11) is 0. The van der Waals surface area contributed by atoms with Crippen LogP contribution in [0.5, 0.6) is 0 Å². The molecule has 1 aliphatic heterocycles. The Balaban J connectivity index is 1.49. The largest absolute Gasteiger partial charge is 0.463 e. The number of benzene rings is 2. The lowest BCUT2D eigenvalue weighted by atomic mass is 9.97. The molecule has 2 aliphatic rings. The van der Waals surface area contributed by atoms with Gasteiger partial charge in [0.15, 0.2) is 24.5 Å². The number of amides is 2. The Hall–Kier alpha value is -5.51. The fraction of sp³-hybridized carbons (Fsp3) is 0.500. The zero-order valence-corrected chi connectivity index (χ0v) is 31.2. The van der Waals surface area contributed by atoms with Crippen molar-refractivity contribution in [2.24, 2.45) is 0 Å². The van der Waals surface area contributed by atoms with Gasteiger partial charge in [0.2, 0.25) is 5.91 Å². The van der Waals surface area contributed by atoms with Gasteiger partial charge in [0, 0.05) is 40.0 Å². The molecule has 0 spiro atoms. The van der Waals surface area contributed by atoms with E-state index in [2.05, 4.69) is 10.6 Å². The number of carbonyl (C=O) groups is 7. The Bertz CT molecular complexity index is 1690. The average Bonchev–Trinajstić information content (AvgIpc) is 3.39. The normalized spacial score (nSPS) is 20.9. The number of ether oxygens (including phenoxy) is 7. The van der Waals surface area contributed by atoms with Gasteiger partial charge in [-0.15, -0.1) is 0 Å². The van der Waals surface area contributed by atoms with E-state index in [4.69, 9.17) is 33.2 Å². The van der Waals surface area contributed by atoms with Crippen LogP contribution >= 0.6 is 0 Å². The Morgan fingerprint density at radius 3 is 1.78 bits per heavy atom. The summed E-state index contributed by atoms with van der Waals surface area (Å²) in [5.41, 5.74) is 3.13. The first-order chi connectivity index (χ1) is 25.4. The van der Waals surface area contributed by atoms with E-state index < -0.39 is 97.2 Å². The van der Waals surface area contributed by atoms with Crippen LogP contribution in [-0.4, -0.2) is 97.3 Å². The second kappa shape index (κ2) is 18.0. The Labute approximate surface area is 312 Å². The van der Waals surface area contributed by atoms with E-state index in [1.54, 1.807) is 20.8 Å². The van der Waals surface area contributed by atoms with Crippen molar-refractivity contribution in [3.63, 3.8) is 0 Å². The molecule has 16 nitrogen and oxygen atoms in total. The Kier molecular flexibility index (Phi) is 13.8. The van der Waals surface area contributed by atoms with Crippen molar-refractivity contribution < 1.29 is 66.7 Å². The summed E-state index contributed by atoms with van der Waals surface area (Å²) in [6, 6.07) is 14.3. The molecule has 4 rings (SSSR count). The van der Waals surface area contributed by atoms with Crippen molar-refractivity contribution in [2.75, 3.05) is 13.2 Å². The van der Waals surface area contributed by atoms with E-state index in [1.165, 1.54) is 0 Å². The van der Waals surface area contributed by atoms with E-state index in [0.29, 0.717) is 0 Å². The van der Waals surface area contributed by atoms with Gasteiger partial charge in [0.25, 0.3) is 0 Å². The van der Waals surface area contributed by atoms with E-state index in [0.717, 1.165) is 49.9 Å². The molecule has 0 aromatic heterocycles. The number of carbonyl (C=O) groups excluding carboxylic acids is 7. The number of rotatable bonds is 13. The molecule has 0 radical (unpaired) electrons.